The van der Waals surface area contributed by atoms with E-state index in [-0.39, 0.29) is 11.6 Å². The number of amides is 3. The van der Waals surface area contributed by atoms with Crippen molar-refractivity contribution in [2.75, 3.05) is 10.6 Å². The largest absolute Gasteiger partial charge is 0.457 e. The van der Waals surface area contributed by atoms with Crippen molar-refractivity contribution < 1.29 is 19.0 Å². The molecule has 5 aromatic rings. The van der Waals surface area contributed by atoms with Crippen molar-refractivity contribution in [1.82, 2.24) is 15.1 Å². The molecule has 0 radical (unpaired) electrons. The predicted octanol–water partition coefficient (Wildman–Crippen LogP) is 4.89. The molecule has 0 aliphatic heterocycles. The molecule has 190 valence electrons. The fourth-order valence-electron chi connectivity index (χ4n) is 3.86. The van der Waals surface area contributed by atoms with Crippen molar-refractivity contribution in [3.63, 3.8) is 0 Å². The van der Waals surface area contributed by atoms with Gasteiger partial charge in [-0.1, -0.05) is 19.9 Å². The number of ether oxygens (including phenoxy) is 1. The second-order valence-electron chi connectivity index (χ2n) is 8.91. The van der Waals surface area contributed by atoms with Crippen molar-refractivity contribution in [1.29, 1.82) is 0 Å². The van der Waals surface area contributed by atoms with Crippen LogP contribution in [0.1, 0.15) is 35.9 Å². The van der Waals surface area contributed by atoms with Crippen molar-refractivity contribution in [3.8, 4) is 17.2 Å². The van der Waals surface area contributed by atoms with Gasteiger partial charge in [0.25, 0.3) is 5.91 Å². The molecule has 0 fully saturated rings. The molecule has 38 heavy (non-hydrogen) atoms. The van der Waals surface area contributed by atoms with E-state index in [9.17, 15) is 9.59 Å². The van der Waals surface area contributed by atoms with Gasteiger partial charge in [-0.2, -0.15) is 5.32 Å². The average Bonchev–Trinajstić information content (AvgIpc) is 3.33. The van der Waals surface area contributed by atoms with Gasteiger partial charge in [-0.3, -0.25) is 20.1 Å². The maximum absolute atomic E-state index is 12.9. The maximum atomic E-state index is 12.9. The lowest BCUT2D eigenvalue weighted by atomic mass is 10.1. The van der Waals surface area contributed by atoms with Crippen LogP contribution in [0, 0.1) is 0 Å². The number of nitrogens with zero attached hydrogens (tertiary/aromatic N) is 3. The van der Waals surface area contributed by atoms with E-state index in [0.717, 1.165) is 22.3 Å². The molecule has 0 aliphatic carbocycles. The predicted molar refractivity (Wildman–Crippen MR) is 144 cm³/mol. The zero-order valence-corrected chi connectivity index (χ0v) is 20.8. The van der Waals surface area contributed by atoms with E-state index in [2.05, 4.69) is 39.5 Å². The lowest BCUT2D eigenvalue weighted by Crippen LogP contribution is -2.38. The number of benzene rings is 2. The molecule has 0 atom stereocenters. The zero-order chi connectivity index (χ0) is 26.6. The smallest absolute Gasteiger partial charge is 0.411 e. The van der Waals surface area contributed by atoms with Gasteiger partial charge in [0.15, 0.2) is 5.69 Å². The number of fused-ring (bicyclic) bond motifs is 1. The molecule has 5 rings (SSSR count). The summed E-state index contributed by atoms with van der Waals surface area (Å²) in [5.74, 6) is 1.14. The van der Waals surface area contributed by atoms with E-state index in [1.807, 2.05) is 41.1 Å². The molecule has 3 heterocycles. The Hall–Kier alpha value is -5.25. The molecule has 3 amide bonds. The van der Waals surface area contributed by atoms with Crippen LogP contribution < -0.4 is 25.8 Å². The number of nitrogens with two attached hydrogens (primary N) is 1. The summed E-state index contributed by atoms with van der Waals surface area (Å²) in [7, 11) is 0. The number of primary amides is 1. The van der Waals surface area contributed by atoms with E-state index in [1.54, 1.807) is 36.5 Å². The van der Waals surface area contributed by atoms with Gasteiger partial charge < -0.3 is 10.5 Å². The Morgan fingerprint density at radius 2 is 1.74 bits per heavy atom. The summed E-state index contributed by atoms with van der Waals surface area (Å²) in [6, 6.07) is 21.2. The number of carbonyl (C=O) groups is 2. The Balaban J connectivity index is 1.30. The number of aromatic amines is 1. The van der Waals surface area contributed by atoms with Crippen molar-refractivity contribution in [2.24, 2.45) is 5.73 Å². The summed E-state index contributed by atoms with van der Waals surface area (Å²) in [6.45, 7) is 4.16. The minimum atomic E-state index is -0.636. The van der Waals surface area contributed by atoms with Crippen LogP contribution in [0.15, 0.2) is 85.2 Å². The Kier molecular flexibility index (Phi) is 6.68. The maximum Gasteiger partial charge on any atom is 0.411 e. The van der Waals surface area contributed by atoms with E-state index in [4.69, 9.17) is 10.5 Å². The normalized spacial score (nSPS) is 10.9. The van der Waals surface area contributed by atoms with Crippen molar-refractivity contribution >= 4 is 34.3 Å². The number of hydrogen-bond donors (Lipinski definition) is 4. The fraction of sp³-hybridized carbons (Fsp3) is 0.107. The van der Waals surface area contributed by atoms with Gasteiger partial charge in [0.2, 0.25) is 0 Å². The second kappa shape index (κ2) is 10.4. The first-order chi connectivity index (χ1) is 18.4. The van der Waals surface area contributed by atoms with Crippen LogP contribution >= 0.6 is 0 Å². The lowest BCUT2D eigenvalue weighted by Gasteiger charge is -2.08. The molecular weight excluding hydrogens is 482 g/mol. The monoisotopic (exact) mass is 508 g/mol. The molecular formula is C28H26N7O3+. The van der Waals surface area contributed by atoms with Gasteiger partial charge in [0, 0.05) is 29.5 Å². The molecule has 10 heteroatoms. The second-order valence-corrected chi connectivity index (χ2v) is 8.91. The lowest BCUT2D eigenvalue weighted by molar-refractivity contribution is -0.641. The summed E-state index contributed by atoms with van der Waals surface area (Å²) in [6.07, 6.45) is 3.21. The number of pyridine rings is 2. The van der Waals surface area contributed by atoms with Gasteiger partial charge in [-0.05, 0) is 60.5 Å². The van der Waals surface area contributed by atoms with Gasteiger partial charge in [-0.15, -0.1) is 4.68 Å². The number of carbonyl (C=O) groups excluding carboxylic acids is 2. The topological polar surface area (TPSA) is 139 Å². The third kappa shape index (κ3) is 5.44. The first-order valence-corrected chi connectivity index (χ1v) is 12.0. The molecule has 0 saturated heterocycles. The standard InChI is InChI=1S/C28H25N7O3/c1-17(2)24-16-26(35(34-24)20-7-10-23-18(14-20)4-3-12-30-23)33-28(37)32-19-5-8-21(9-6-19)38-22-11-13-31-25(15-22)27(29)36/h3-17H,1-2H3,(H4,29,32,33,34,36,37)/p+1. The summed E-state index contributed by atoms with van der Waals surface area (Å²) in [5, 5.41) is 10.1. The Labute approximate surface area is 218 Å². The highest BCUT2D eigenvalue weighted by Crippen LogP contribution is 2.24. The zero-order valence-electron chi connectivity index (χ0n) is 20.8. The number of rotatable bonds is 7. The number of nitrogens with one attached hydrogen (secondary N) is 3. The molecule has 0 saturated carbocycles. The third-order valence-electron chi connectivity index (χ3n) is 5.81. The van der Waals surface area contributed by atoms with E-state index in [0.29, 0.717) is 23.0 Å². The SMILES string of the molecule is CC(C)c1cc(NC(=O)Nc2ccc(Oc3ccnc(C(N)=O)c3)cc2)[n+](-c2ccc3ncccc3c2)[nH]1. The summed E-state index contributed by atoms with van der Waals surface area (Å²) < 4.78 is 7.60. The van der Waals surface area contributed by atoms with E-state index < -0.39 is 11.9 Å². The number of hydrogen-bond acceptors (Lipinski definition) is 5. The fourth-order valence-corrected chi connectivity index (χ4v) is 3.86. The Morgan fingerprint density at radius 1 is 0.921 bits per heavy atom. The molecule has 0 unspecified atom stereocenters. The summed E-state index contributed by atoms with van der Waals surface area (Å²) in [4.78, 5) is 32.5. The van der Waals surface area contributed by atoms with Crippen LogP contribution in [0.25, 0.3) is 16.6 Å². The average molecular weight is 509 g/mol. The molecule has 5 N–H and O–H groups in total. The third-order valence-corrected chi connectivity index (χ3v) is 5.81. The highest BCUT2D eigenvalue weighted by molar-refractivity contribution is 5.98. The minimum absolute atomic E-state index is 0.112. The highest BCUT2D eigenvalue weighted by atomic mass is 16.5. The molecule has 3 aromatic heterocycles. The van der Waals surface area contributed by atoms with Crippen LogP contribution in [0.2, 0.25) is 0 Å². The van der Waals surface area contributed by atoms with Crippen molar-refractivity contribution in [2.45, 2.75) is 19.8 Å². The van der Waals surface area contributed by atoms with Crippen LogP contribution in [0.3, 0.4) is 0 Å². The van der Waals surface area contributed by atoms with Crippen molar-refractivity contribution in [3.05, 3.63) is 96.6 Å². The minimum Gasteiger partial charge on any atom is -0.457 e. The van der Waals surface area contributed by atoms with Crippen LogP contribution in [-0.4, -0.2) is 27.0 Å². The van der Waals surface area contributed by atoms with Gasteiger partial charge >= 0.3 is 11.8 Å². The number of aromatic nitrogens is 4. The molecule has 10 nitrogen and oxygen atoms in total. The van der Waals surface area contributed by atoms with Gasteiger partial charge in [0.1, 0.15) is 17.2 Å². The molecule has 0 aliphatic rings. The number of urea groups is 1. The van der Waals surface area contributed by atoms with Crippen LogP contribution in [0.5, 0.6) is 11.5 Å². The van der Waals surface area contributed by atoms with Gasteiger partial charge in [0.05, 0.1) is 17.3 Å². The quantitative estimate of drug-likeness (QED) is 0.232. The highest BCUT2D eigenvalue weighted by Gasteiger charge is 2.22. The molecule has 0 bridgehead atoms. The summed E-state index contributed by atoms with van der Waals surface area (Å²) >= 11 is 0. The van der Waals surface area contributed by atoms with E-state index >= 15 is 0 Å². The first kappa shape index (κ1) is 24.4. The molecule has 2 aromatic carbocycles. The van der Waals surface area contributed by atoms with Crippen LogP contribution in [0.4, 0.5) is 16.3 Å². The summed E-state index contributed by atoms with van der Waals surface area (Å²) in [5.41, 5.74) is 8.69. The van der Waals surface area contributed by atoms with E-state index in [1.165, 1.54) is 12.3 Å². The molecule has 0 spiro atoms. The number of H-pyrrole nitrogens is 1. The number of anilines is 2. The Morgan fingerprint density at radius 3 is 2.50 bits per heavy atom. The first-order valence-electron chi connectivity index (χ1n) is 12.0. The van der Waals surface area contributed by atoms with Gasteiger partial charge in [-0.25, -0.2) is 9.89 Å². The van der Waals surface area contributed by atoms with Crippen LogP contribution in [-0.2, 0) is 0 Å². The Bertz CT molecular complexity index is 1630.